The molecular weight excluding hydrogens is 444 g/mol. The van der Waals surface area contributed by atoms with Crippen LogP contribution in [0.2, 0.25) is 0 Å². The third kappa shape index (κ3) is 4.63. The molecule has 2 amide bonds. The number of nitrogens with one attached hydrogen (secondary N) is 1. The summed E-state index contributed by atoms with van der Waals surface area (Å²) in [5, 5.41) is 7.65. The molecule has 1 aliphatic rings. The number of carbonyl (C=O) groups excluding carboxylic acids is 3. The van der Waals surface area contributed by atoms with Crippen LogP contribution in [0.5, 0.6) is 0 Å². The molecule has 1 unspecified atom stereocenters. The zero-order valence-electron chi connectivity index (χ0n) is 19.2. The molecule has 0 radical (unpaired) electrons. The summed E-state index contributed by atoms with van der Waals surface area (Å²) in [4.78, 5) is 39.9. The molecule has 8 nitrogen and oxygen atoms in total. The second-order valence-corrected chi connectivity index (χ2v) is 8.50. The number of nitrogens with zero attached hydrogens (tertiary/aromatic N) is 3. The van der Waals surface area contributed by atoms with Gasteiger partial charge in [0.1, 0.15) is 12.6 Å². The first-order valence-electron chi connectivity index (χ1n) is 11.3. The van der Waals surface area contributed by atoms with E-state index < -0.39 is 12.1 Å². The van der Waals surface area contributed by atoms with Crippen LogP contribution in [0.25, 0.3) is 10.9 Å². The summed E-state index contributed by atoms with van der Waals surface area (Å²) >= 11 is 0. The first kappa shape index (κ1) is 22.3. The van der Waals surface area contributed by atoms with E-state index in [1.165, 1.54) is 11.6 Å². The number of hydrogen-bond donors (Lipinski definition) is 1. The van der Waals surface area contributed by atoms with Crippen molar-refractivity contribution in [3.8, 4) is 0 Å². The highest BCUT2D eigenvalue weighted by Crippen LogP contribution is 2.32. The Kier molecular flexibility index (Phi) is 6.01. The van der Waals surface area contributed by atoms with Gasteiger partial charge in [0.05, 0.1) is 11.7 Å². The second kappa shape index (κ2) is 9.42. The SMILES string of the molecule is CC(=O)n1ncc2cc3c(cc21)CN(Cc1ccccc1)C(=O)C3NC(=O)OCc1ccccc1. The highest BCUT2D eigenvalue weighted by molar-refractivity contribution is 5.94. The number of benzene rings is 3. The lowest BCUT2D eigenvalue weighted by molar-refractivity contribution is -0.135. The molecule has 2 heterocycles. The van der Waals surface area contributed by atoms with Gasteiger partial charge in [-0.25, -0.2) is 9.48 Å². The molecule has 0 fully saturated rings. The van der Waals surface area contributed by atoms with Crippen molar-refractivity contribution in [1.29, 1.82) is 0 Å². The summed E-state index contributed by atoms with van der Waals surface area (Å²) in [6.07, 6.45) is 0.905. The first-order valence-corrected chi connectivity index (χ1v) is 11.3. The summed E-state index contributed by atoms with van der Waals surface area (Å²) in [5.41, 5.74) is 4.00. The van der Waals surface area contributed by atoms with Gasteiger partial charge in [-0.1, -0.05) is 60.7 Å². The predicted octanol–water partition coefficient (Wildman–Crippen LogP) is 4.21. The average molecular weight is 469 g/mol. The number of aromatic nitrogens is 2. The van der Waals surface area contributed by atoms with Crippen LogP contribution in [0.15, 0.2) is 79.0 Å². The van der Waals surface area contributed by atoms with Crippen molar-refractivity contribution in [2.75, 3.05) is 0 Å². The zero-order valence-corrected chi connectivity index (χ0v) is 19.2. The molecule has 1 atom stereocenters. The van der Waals surface area contributed by atoms with Crippen LogP contribution in [-0.4, -0.2) is 32.6 Å². The lowest BCUT2D eigenvalue weighted by Crippen LogP contribution is -2.46. The number of fused-ring (bicyclic) bond motifs is 2. The number of amides is 2. The molecule has 4 aromatic rings. The van der Waals surface area contributed by atoms with Crippen molar-refractivity contribution in [1.82, 2.24) is 20.0 Å². The van der Waals surface area contributed by atoms with Crippen LogP contribution < -0.4 is 5.32 Å². The number of carbonyl (C=O) groups is 3. The number of alkyl carbamates (subject to hydrolysis) is 1. The van der Waals surface area contributed by atoms with Crippen molar-refractivity contribution < 1.29 is 19.1 Å². The molecule has 35 heavy (non-hydrogen) atoms. The van der Waals surface area contributed by atoms with Crippen LogP contribution in [0, 0.1) is 0 Å². The molecule has 0 spiro atoms. The van der Waals surface area contributed by atoms with E-state index in [1.54, 1.807) is 11.1 Å². The molecule has 0 aliphatic carbocycles. The summed E-state index contributed by atoms with van der Waals surface area (Å²) in [5.74, 6) is -0.427. The molecule has 3 aromatic carbocycles. The fraction of sp³-hybridized carbons (Fsp3) is 0.185. The Morgan fingerprint density at radius 1 is 1.03 bits per heavy atom. The van der Waals surface area contributed by atoms with Crippen LogP contribution in [-0.2, 0) is 29.2 Å². The summed E-state index contributed by atoms with van der Waals surface area (Å²) in [6.45, 7) is 2.28. The third-order valence-electron chi connectivity index (χ3n) is 6.05. The van der Waals surface area contributed by atoms with E-state index in [2.05, 4.69) is 10.4 Å². The van der Waals surface area contributed by atoms with Gasteiger partial charge in [-0.05, 0) is 34.4 Å². The standard InChI is InChI=1S/C27H24N4O4/c1-18(32)31-24-13-22-16-30(15-19-8-4-2-5-9-19)26(33)25(23(22)12-21(24)14-28-31)29-27(34)35-17-20-10-6-3-7-11-20/h2-14,25H,15-17H2,1H3,(H,29,34). The van der Waals surface area contributed by atoms with E-state index in [9.17, 15) is 14.4 Å². The van der Waals surface area contributed by atoms with E-state index in [0.29, 0.717) is 29.6 Å². The molecule has 176 valence electrons. The minimum absolute atomic E-state index is 0.0958. The fourth-order valence-electron chi connectivity index (χ4n) is 4.35. The minimum atomic E-state index is -0.921. The van der Waals surface area contributed by atoms with Gasteiger partial charge in [0.2, 0.25) is 5.91 Å². The van der Waals surface area contributed by atoms with Gasteiger partial charge in [-0.3, -0.25) is 9.59 Å². The summed E-state index contributed by atoms with van der Waals surface area (Å²) in [6, 6.07) is 21.8. The average Bonchev–Trinajstić information content (AvgIpc) is 3.29. The van der Waals surface area contributed by atoms with E-state index in [-0.39, 0.29) is 18.4 Å². The Morgan fingerprint density at radius 3 is 2.40 bits per heavy atom. The summed E-state index contributed by atoms with van der Waals surface area (Å²) < 4.78 is 6.73. The molecule has 1 aromatic heterocycles. The van der Waals surface area contributed by atoms with Gasteiger partial charge in [-0.15, -0.1) is 0 Å². The van der Waals surface area contributed by atoms with Gasteiger partial charge >= 0.3 is 6.09 Å². The Morgan fingerprint density at radius 2 is 1.71 bits per heavy atom. The lowest BCUT2D eigenvalue weighted by atomic mass is 9.92. The van der Waals surface area contributed by atoms with Gasteiger partial charge in [0, 0.05) is 25.4 Å². The first-order chi connectivity index (χ1) is 17.0. The topological polar surface area (TPSA) is 93.5 Å². The molecule has 0 saturated carbocycles. The van der Waals surface area contributed by atoms with Crippen molar-refractivity contribution in [2.45, 2.75) is 32.7 Å². The Hall–Kier alpha value is -4.46. The molecule has 8 heteroatoms. The Balaban J connectivity index is 1.46. The van der Waals surface area contributed by atoms with Crippen molar-refractivity contribution in [2.24, 2.45) is 0 Å². The van der Waals surface area contributed by atoms with Crippen LogP contribution in [0.1, 0.15) is 40.0 Å². The predicted molar refractivity (Wildman–Crippen MR) is 129 cm³/mol. The van der Waals surface area contributed by atoms with E-state index in [0.717, 1.165) is 16.7 Å². The van der Waals surface area contributed by atoms with Crippen LogP contribution >= 0.6 is 0 Å². The largest absolute Gasteiger partial charge is 0.445 e. The molecular formula is C27H24N4O4. The molecule has 5 rings (SSSR count). The monoisotopic (exact) mass is 468 g/mol. The molecule has 1 aliphatic heterocycles. The highest BCUT2D eigenvalue weighted by atomic mass is 16.5. The lowest BCUT2D eigenvalue weighted by Gasteiger charge is -2.34. The Labute approximate surface area is 202 Å². The zero-order chi connectivity index (χ0) is 24.4. The minimum Gasteiger partial charge on any atom is -0.445 e. The van der Waals surface area contributed by atoms with E-state index >= 15 is 0 Å². The third-order valence-corrected chi connectivity index (χ3v) is 6.05. The molecule has 0 bridgehead atoms. The second-order valence-electron chi connectivity index (χ2n) is 8.50. The number of ether oxygens (including phenoxy) is 1. The van der Waals surface area contributed by atoms with E-state index in [4.69, 9.17) is 4.74 Å². The van der Waals surface area contributed by atoms with Gasteiger partial charge < -0.3 is 15.0 Å². The number of rotatable bonds is 5. The van der Waals surface area contributed by atoms with Crippen molar-refractivity contribution in [3.05, 3.63) is 101 Å². The molecule has 1 N–H and O–H groups in total. The number of hydrogen-bond acceptors (Lipinski definition) is 5. The maximum absolute atomic E-state index is 13.5. The normalized spacial score (nSPS) is 15.1. The van der Waals surface area contributed by atoms with Crippen LogP contribution in [0.3, 0.4) is 0 Å². The van der Waals surface area contributed by atoms with Gasteiger partial charge in [0.15, 0.2) is 0 Å². The molecule has 0 saturated heterocycles. The quantitative estimate of drug-likeness (QED) is 0.474. The smallest absolute Gasteiger partial charge is 0.408 e. The van der Waals surface area contributed by atoms with Crippen LogP contribution in [0.4, 0.5) is 4.79 Å². The van der Waals surface area contributed by atoms with Crippen molar-refractivity contribution >= 4 is 28.8 Å². The maximum atomic E-state index is 13.5. The van der Waals surface area contributed by atoms with Gasteiger partial charge in [-0.2, -0.15) is 5.10 Å². The fourth-order valence-corrected chi connectivity index (χ4v) is 4.35. The highest BCUT2D eigenvalue weighted by Gasteiger charge is 2.35. The van der Waals surface area contributed by atoms with E-state index in [1.807, 2.05) is 72.8 Å². The maximum Gasteiger partial charge on any atom is 0.408 e. The van der Waals surface area contributed by atoms with Crippen molar-refractivity contribution in [3.63, 3.8) is 0 Å². The van der Waals surface area contributed by atoms with Gasteiger partial charge in [0.25, 0.3) is 5.91 Å². The summed E-state index contributed by atoms with van der Waals surface area (Å²) in [7, 11) is 0. The Bertz CT molecular complexity index is 1400.